The minimum atomic E-state index is -0.805. The van der Waals surface area contributed by atoms with E-state index in [1.807, 2.05) is 38.2 Å². The normalized spacial score (nSPS) is 12.9. The van der Waals surface area contributed by atoms with Crippen molar-refractivity contribution in [1.82, 2.24) is 4.98 Å². The summed E-state index contributed by atoms with van der Waals surface area (Å²) in [5, 5.41) is 11.8. The Kier molecular flexibility index (Phi) is 3.68. The number of anilines is 1. The van der Waals surface area contributed by atoms with Gasteiger partial charge in [-0.05, 0) is 5.92 Å². The van der Waals surface area contributed by atoms with E-state index in [2.05, 4.69) is 4.98 Å². The van der Waals surface area contributed by atoms with E-state index in [0.29, 0.717) is 5.69 Å². The number of aromatic nitrogens is 1. The molecule has 0 aliphatic heterocycles. The van der Waals surface area contributed by atoms with E-state index in [-0.39, 0.29) is 5.92 Å². The molecule has 0 fully saturated rings. The van der Waals surface area contributed by atoms with Crippen LogP contribution in [0.1, 0.15) is 25.5 Å². The maximum atomic E-state index is 11.1. The van der Waals surface area contributed by atoms with Crippen LogP contribution in [0.5, 0.6) is 0 Å². The lowest BCUT2D eigenvalue weighted by Gasteiger charge is -2.13. The number of rotatable bonds is 4. The predicted octanol–water partition coefficient (Wildman–Crippen LogP) is 2.03. The SMILES string of the molecule is CC(C)C(C(=O)O)c1csc(N(C)C)n1. The Hall–Kier alpha value is -1.10. The zero-order valence-electron chi connectivity index (χ0n) is 9.39. The van der Waals surface area contributed by atoms with Crippen LogP contribution in [0.25, 0.3) is 0 Å². The van der Waals surface area contributed by atoms with Crippen molar-refractivity contribution in [3.05, 3.63) is 11.1 Å². The molecule has 0 spiro atoms. The Morgan fingerprint density at radius 2 is 2.13 bits per heavy atom. The zero-order valence-corrected chi connectivity index (χ0v) is 10.2. The van der Waals surface area contributed by atoms with Gasteiger partial charge in [0.15, 0.2) is 5.13 Å². The molecule has 1 aromatic rings. The molecule has 0 aliphatic carbocycles. The van der Waals surface area contributed by atoms with Crippen molar-refractivity contribution in [3.8, 4) is 0 Å². The highest BCUT2D eigenvalue weighted by molar-refractivity contribution is 7.13. The van der Waals surface area contributed by atoms with Crippen LogP contribution in [0.3, 0.4) is 0 Å². The standard InChI is InChI=1S/C10H16N2O2S/c1-6(2)8(9(13)14)7-5-15-10(11-7)12(3)4/h5-6,8H,1-4H3,(H,13,14). The maximum Gasteiger partial charge on any atom is 0.312 e. The third-order valence-corrected chi connectivity index (χ3v) is 3.17. The maximum absolute atomic E-state index is 11.1. The summed E-state index contributed by atoms with van der Waals surface area (Å²) in [5.41, 5.74) is 0.659. The van der Waals surface area contributed by atoms with Gasteiger partial charge in [-0.3, -0.25) is 4.79 Å². The average molecular weight is 228 g/mol. The van der Waals surface area contributed by atoms with Gasteiger partial charge in [-0.15, -0.1) is 11.3 Å². The van der Waals surface area contributed by atoms with E-state index < -0.39 is 11.9 Å². The first kappa shape index (κ1) is 12.0. The van der Waals surface area contributed by atoms with Crippen molar-refractivity contribution < 1.29 is 9.90 Å². The van der Waals surface area contributed by atoms with Crippen LogP contribution in [0.15, 0.2) is 5.38 Å². The summed E-state index contributed by atoms with van der Waals surface area (Å²) >= 11 is 1.47. The molecule has 1 atom stereocenters. The first-order chi connectivity index (χ1) is 6.93. The second-order valence-electron chi connectivity index (χ2n) is 4.01. The van der Waals surface area contributed by atoms with Gasteiger partial charge in [0.25, 0.3) is 0 Å². The van der Waals surface area contributed by atoms with Gasteiger partial charge in [0.05, 0.1) is 5.69 Å². The van der Waals surface area contributed by atoms with Crippen molar-refractivity contribution in [2.75, 3.05) is 19.0 Å². The largest absolute Gasteiger partial charge is 0.481 e. The smallest absolute Gasteiger partial charge is 0.312 e. The predicted molar refractivity (Wildman–Crippen MR) is 61.7 cm³/mol. The fourth-order valence-electron chi connectivity index (χ4n) is 1.38. The summed E-state index contributed by atoms with van der Waals surface area (Å²) in [6, 6.07) is 0. The van der Waals surface area contributed by atoms with Crippen molar-refractivity contribution in [2.24, 2.45) is 5.92 Å². The second kappa shape index (κ2) is 4.61. The number of hydrogen-bond donors (Lipinski definition) is 1. The molecule has 1 rings (SSSR count). The van der Waals surface area contributed by atoms with Crippen LogP contribution in [-0.2, 0) is 4.79 Å². The van der Waals surface area contributed by atoms with Gasteiger partial charge in [-0.2, -0.15) is 0 Å². The van der Waals surface area contributed by atoms with Gasteiger partial charge in [0.2, 0.25) is 0 Å². The van der Waals surface area contributed by atoms with E-state index >= 15 is 0 Å². The summed E-state index contributed by atoms with van der Waals surface area (Å²) in [6.07, 6.45) is 0. The third-order valence-electron chi connectivity index (χ3n) is 2.14. The van der Waals surface area contributed by atoms with Gasteiger partial charge in [-0.25, -0.2) is 4.98 Å². The molecule has 1 N–H and O–H groups in total. The van der Waals surface area contributed by atoms with Gasteiger partial charge in [-0.1, -0.05) is 13.8 Å². The number of aliphatic carboxylic acids is 1. The number of hydrogen-bond acceptors (Lipinski definition) is 4. The average Bonchev–Trinajstić information content (AvgIpc) is 2.51. The molecule has 0 saturated heterocycles. The molecule has 0 aromatic carbocycles. The minimum absolute atomic E-state index is 0.0552. The number of nitrogens with zero attached hydrogens (tertiary/aromatic N) is 2. The Balaban J connectivity index is 2.97. The molecule has 0 bridgehead atoms. The van der Waals surface area contributed by atoms with E-state index in [1.165, 1.54) is 11.3 Å². The molecule has 4 nitrogen and oxygen atoms in total. The second-order valence-corrected chi connectivity index (χ2v) is 4.85. The molecule has 0 radical (unpaired) electrons. The number of carboxylic acid groups (broad SMARTS) is 1. The quantitative estimate of drug-likeness (QED) is 0.856. The summed E-state index contributed by atoms with van der Waals surface area (Å²) in [4.78, 5) is 17.3. The van der Waals surface area contributed by atoms with Crippen LogP contribution < -0.4 is 4.90 Å². The van der Waals surface area contributed by atoms with Crippen molar-refractivity contribution in [3.63, 3.8) is 0 Å². The molecular formula is C10H16N2O2S. The lowest BCUT2D eigenvalue weighted by atomic mass is 9.93. The topological polar surface area (TPSA) is 53.4 Å². The molecule has 1 aromatic heterocycles. The molecule has 5 heteroatoms. The van der Waals surface area contributed by atoms with Crippen LogP contribution in [0, 0.1) is 5.92 Å². The highest BCUT2D eigenvalue weighted by Gasteiger charge is 2.26. The zero-order chi connectivity index (χ0) is 11.6. The highest BCUT2D eigenvalue weighted by atomic mass is 32.1. The van der Waals surface area contributed by atoms with E-state index in [4.69, 9.17) is 5.11 Å². The number of thiazole rings is 1. The Labute approximate surface area is 93.6 Å². The lowest BCUT2D eigenvalue weighted by Crippen LogP contribution is -2.18. The van der Waals surface area contributed by atoms with Crippen LogP contribution >= 0.6 is 11.3 Å². The first-order valence-electron chi connectivity index (χ1n) is 4.79. The number of carbonyl (C=O) groups is 1. The van der Waals surface area contributed by atoms with Crippen LogP contribution in [0.2, 0.25) is 0 Å². The van der Waals surface area contributed by atoms with Gasteiger partial charge in [0.1, 0.15) is 5.92 Å². The molecule has 0 saturated carbocycles. The summed E-state index contributed by atoms with van der Waals surface area (Å²) in [7, 11) is 3.79. The Morgan fingerprint density at radius 3 is 2.47 bits per heavy atom. The van der Waals surface area contributed by atoms with Crippen molar-refractivity contribution in [2.45, 2.75) is 19.8 Å². The minimum Gasteiger partial charge on any atom is -0.481 e. The van der Waals surface area contributed by atoms with E-state index in [1.54, 1.807) is 0 Å². The fourth-order valence-corrected chi connectivity index (χ4v) is 2.17. The van der Waals surface area contributed by atoms with Crippen molar-refractivity contribution in [1.29, 1.82) is 0 Å². The summed E-state index contributed by atoms with van der Waals surface area (Å²) < 4.78 is 0. The molecule has 0 amide bonds. The monoisotopic (exact) mass is 228 g/mol. The first-order valence-corrected chi connectivity index (χ1v) is 5.67. The number of carboxylic acids is 1. The molecule has 1 heterocycles. The van der Waals surface area contributed by atoms with Gasteiger partial charge < -0.3 is 10.0 Å². The van der Waals surface area contributed by atoms with Crippen molar-refractivity contribution >= 4 is 22.4 Å². The molecule has 0 aliphatic rings. The molecular weight excluding hydrogens is 212 g/mol. The lowest BCUT2D eigenvalue weighted by molar-refractivity contribution is -0.139. The van der Waals surface area contributed by atoms with E-state index in [9.17, 15) is 4.79 Å². The molecule has 1 unspecified atom stereocenters. The van der Waals surface area contributed by atoms with Gasteiger partial charge in [0, 0.05) is 19.5 Å². The van der Waals surface area contributed by atoms with E-state index in [0.717, 1.165) is 5.13 Å². The summed E-state index contributed by atoms with van der Waals surface area (Å²) in [5.74, 6) is -1.25. The Morgan fingerprint density at radius 1 is 1.53 bits per heavy atom. The highest BCUT2D eigenvalue weighted by Crippen LogP contribution is 2.28. The van der Waals surface area contributed by atoms with Gasteiger partial charge >= 0.3 is 5.97 Å². The summed E-state index contributed by atoms with van der Waals surface area (Å²) in [6.45, 7) is 3.79. The molecule has 84 valence electrons. The third kappa shape index (κ3) is 2.68. The van der Waals surface area contributed by atoms with Crippen LogP contribution in [-0.4, -0.2) is 30.2 Å². The molecule has 15 heavy (non-hydrogen) atoms. The Bertz CT molecular complexity index is 347. The van der Waals surface area contributed by atoms with Crippen LogP contribution in [0.4, 0.5) is 5.13 Å². The fraction of sp³-hybridized carbons (Fsp3) is 0.600.